The normalized spacial score (nSPS) is 10.6. The van der Waals surface area contributed by atoms with Crippen molar-refractivity contribution in [3.8, 4) is 5.75 Å². The number of ether oxygens (including phenoxy) is 1. The number of benzene rings is 2. The molecular weight excluding hydrogens is 408 g/mol. The van der Waals surface area contributed by atoms with Gasteiger partial charge in [0.1, 0.15) is 5.75 Å². The topological polar surface area (TPSA) is 67.4 Å². The number of unbranched alkanes of at least 4 members (excludes halogenated alkanes) is 1. The van der Waals surface area contributed by atoms with Crippen LogP contribution in [0.5, 0.6) is 5.75 Å². The van der Waals surface area contributed by atoms with Crippen molar-refractivity contribution in [2.75, 3.05) is 11.9 Å². The Morgan fingerprint density at radius 2 is 1.81 bits per heavy atom. The molecule has 2 rings (SSSR count). The van der Waals surface area contributed by atoms with E-state index in [-0.39, 0.29) is 17.9 Å². The predicted octanol–water partition coefficient (Wildman–Crippen LogP) is 5.02. The number of anilines is 1. The number of rotatable bonds is 8. The molecule has 0 atom stereocenters. The van der Waals surface area contributed by atoms with Crippen molar-refractivity contribution in [3.63, 3.8) is 0 Å². The van der Waals surface area contributed by atoms with Gasteiger partial charge in [-0.2, -0.15) is 0 Å². The van der Waals surface area contributed by atoms with Gasteiger partial charge in [-0.15, -0.1) is 0 Å². The van der Waals surface area contributed by atoms with E-state index in [1.165, 1.54) is 0 Å². The number of hydrogen-bond donors (Lipinski definition) is 2. The first-order chi connectivity index (χ1) is 12.9. The molecule has 27 heavy (non-hydrogen) atoms. The highest BCUT2D eigenvalue weighted by atomic mass is 79.9. The highest BCUT2D eigenvalue weighted by Gasteiger charge is 2.18. The summed E-state index contributed by atoms with van der Waals surface area (Å²) in [4.78, 5) is 25.3. The molecule has 0 aliphatic heterocycles. The highest BCUT2D eigenvalue weighted by Crippen LogP contribution is 2.26. The second kappa shape index (κ2) is 10.1. The number of hydrogen-bond acceptors (Lipinski definition) is 3. The van der Waals surface area contributed by atoms with Crippen LogP contribution in [-0.4, -0.2) is 24.5 Å². The third-order valence-electron chi connectivity index (χ3n) is 3.78. The molecular formula is C21H25BrN2O3. The van der Waals surface area contributed by atoms with Crippen molar-refractivity contribution >= 4 is 33.4 Å². The summed E-state index contributed by atoms with van der Waals surface area (Å²) in [6.45, 7) is 6.48. The first-order valence-corrected chi connectivity index (χ1v) is 9.86. The van der Waals surface area contributed by atoms with E-state index in [4.69, 9.17) is 4.74 Å². The van der Waals surface area contributed by atoms with E-state index in [2.05, 4.69) is 33.5 Å². The molecule has 0 saturated heterocycles. The molecule has 0 aliphatic carbocycles. The number of amides is 2. The van der Waals surface area contributed by atoms with Gasteiger partial charge in [0.05, 0.1) is 22.9 Å². The van der Waals surface area contributed by atoms with Gasteiger partial charge in [0.25, 0.3) is 11.8 Å². The van der Waals surface area contributed by atoms with E-state index in [9.17, 15) is 9.59 Å². The van der Waals surface area contributed by atoms with Crippen LogP contribution in [0.1, 0.15) is 54.3 Å². The molecule has 0 unspecified atom stereocenters. The van der Waals surface area contributed by atoms with E-state index in [1.54, 1.807) is 36.4 Å². The zero-order chi connectivity index (χ0) is 19.8. The molecule has 0 aliphatic rings. The zero-order valence-corrected chi connectivity index (χ0v) is 17.4. The fourth-order valence-corrected chi connectivity index (χ4v) is 2.85. The van der Waals surface area contributed by atoms with Gasteiger partial charge in [0, 0.05) is 11.0 Å². The largest absolute Gasteiger partial charge is 0.490 e. The number of carbonyl (C=O) groups is 2. The molecule has 2 aromatic rings. The van der Waals surface area contributed by atoms with Crippen molar-refractivity contribution in [3.05, 3.63) is 58.1 Å². The Kier molecular flexibility index (Phi) is 7.85. The third kappa shape index (κ3) is 6.10. The van der Waals surface area contributed by atoms with Crippen molar-refractivity contribution in [1.82, 2.24) is 5.32 Å². The fraction of sp³-hybridized carbons (Fsp3) is 0.333. The third-order valence-corrected chi connectivity index (χ3v) is 4.28. The van der Waals surface area contributed by atoms with E-state index in [1.807, 2.05) is 19.9 Å². The minimum absolute atomic E-state index is 0.0608. The number of nitrogens with one attached hydrogen (secondary N) is 2. The van der Waals surface area contributed by atoms with Crippen molar-refractivity contribution < 1.29 is 14.3 Å². The summed E-state index contributed by atoms with van der Waals surface area (Å²) in [6.07, 6.45) is 1.85. The van der Waals surface area contributed by atoms with Crippen LogP contribution < -0.4 is 15.4 Å². The smallest absolute Gasteiger partial charge is 0.259 e. The van der Waals surface area contributed by atoms with Crippen molar-refractivity contribution in [2.45, 2.75) is 39.7 Å². The van der Waals surface area contributed by atoms with Gasteiger partial charge in [-0.3, -0.25) is 9.59 Å². The average molecular weight is 433 g/mol. The zero-order valence-electron chi connectivity index (χ0n) is 15.8. The second-order valence-corrected chi connectivity index (χ2v) is 7.33. The van der Waals surface area contributed by atoms with Crippen LogP contribution in [0.25, 0.3) is 0 Å². The van der Waals surface area contributed by atoms with Crippen LogP contribution in [0.3, 0.4) is 0 Å². The molecule has 0 saturated carbocycles. The van der Waals surface area contributed by atoms with Crippen LogP contribution >= 0.6 is 15.9 Å². The minimum Gasteiger partial charge on any atom is -0.490 e. The molecule has 6 heteroatoms. The Morgan fingerprint density at radius 3 is 2.52 bits per heavy atom. The molecule has 0 bridgehead atoms. The summed E-state index contributed by atoms with van der Waals surface area (Å²) in [5, 5.41) is 5.72. The fourth-order valence-electron chi connectivity index (χ4n) is 2.49. The van der Waals surface area contributed by atoms with Gasteiger partial charge in [0.2, 0.25) is 0 Å². The monoisotopic (exact) mass is 432 g/mol. The SMILES string of the molecule is CCCCNC(=O)c1ccccc1NC(=O)c1cc(Br)ccc1OC(C)C. The molecule has 2 N–H and O–H groups in total. The van der Waals surface area contributed by atoms with E-state index >= 15 is 0 Å². The highest BCUT2D eigenvalue weighted by molar-refractivity contribution is 9.10. The number of carbonyl (C=O) groups excluding carboxylic acids is 2. The maximum Gasteiger partial charge on any atom is 0.259 e. The maximum absolute atomic E-state index is 12.9. The molecule has 0 radical (unpaired) electrons. The van der Waals surface area contributed by atoms with Gasteiger partial charge in [0.15, 0.2) is 0 Å². The summed E-state index contributed by atoms with van der Waals surface area (Å²) in [5.74, 6) is -0.0383. The Morgan fingerprint density at radius 1 is 1.07 bits per heavy atom. The summed E-state index contributed by atoms with van der Waals surface area (Å²) in [5.41, 5.74) is 1.30. The standard InChI is InChI=1S/C21H25BrN2O3/c1-4-5-12-23-20(25)16-8-6-7-9-18(16)24-21(26)17-13-15(22)10-11-19(17)27-14(2)3/h6-11,13-14H,4-5,12H2,1-3H3,(H,23,25)(H,24,26). The van der Waals surface area contributed by atoms with Crippen LogP contribution in [0.2, 0.25) is 0 Å². The summed E-state index contributed by atoms with van der Waals surface area (Å²) in [6, 6.07) is 12.3. The quantitative estimate of drug-likeness (QED) is 0.575. The Balaban J connectivity index is 2.24. The van der Waals surface area contributed by atoms with Gasteiger partial charge in [-0.1, -0.05) is 41.4 Å². The summed E-state index contributed by atoms with van der Waals surface area (Å²) >= 11 is 3.39. The lowest BCUT2D eigenvalue weighted by Gasteiger charge is -2.16. The molecule has 144 valence electrons. The first kappa shape index (κ1) is 21.0. The summed E-state index contributed by atoms with van der Waals surface area (Å²) in [7, 11) is 0. The van der Waals surface area contributed by atoms with Crippen molar-refractivity contribution in [2.24, 2.45) is 0 Å². The molecule has 0 fully saturated rings. The lowest BCUT2D eigenvalue weighted by Crippen LogP contribution is -2.26. The van der Waals surface area contributed by atoms with E-state index in [0.29, 0.717) is 29.1 Å². The lowest BCUT2D eigenvalue weighted by molar-refractivity contribution is 0.0954. The van der Waals surface area contributed by atoms with E-state index < -0.39 is 0 Å². The Bertz CT molecular complexity index is 806. The van der Waals surface area contributed by atoms with E-state index in [0.717, 1.165) is 17.3 Å². The molecule has 2 aromatic carbocycles. The minimum atomic E-state index is -0.333. The van der Waals surface area contributed by atoms with Crippen LogP contribution in [-0.2, 0) is 0 Å². The predicted molar refractivity (Wildman–Crippen MR) is 112 cm³/mol. The van der Waals surface area contributed by atoms with Gasteiger partial charge in [-0.25, -0.2) is 0 Å². The number of para-hydroxylation sites is 1. The molecule has 2 amide bonds. The molecule has 0 aromatic heterocycles. The van der Waals surface area contributed by atoms with Gasteiger partial charge in [-0.05, 0) is 50.6 Å². The number of halogens is 1. The molecule has 0 spiro atoms. The van der Waals surface area contributed by atoms with Crippen LogP contribution in [0.4, 0.5) is 5.69 Å². The van der Waals surface area contributed by atoms with Gasteiger partial charge >= 0.3 is 0 Å². The average Bonchev–Trinajstić information content (AvgIpc) is 2.63. The van der Waals surface area contributed by atoms with Gasteiger partial charge < -0.3 is 15.4 Å². The Hall–Kier alpha value is -2.34. The van der Waals surface area contributed by atoms with Crippen LogP contribution in [0.15, 0.2) is 46.9 Å². The first-order valence-electron chi connectivity index (χ1n) is 9.07. The molecule has 0 heterocycles. The second-order valence-electron chi connectivity index (χ2n) is 6.42. The summed E-state index contributed by atoms with van der Waals surface area (Å²) < 4.78 is 6.51. The Labute approximate surface area is 168 Å². The maximum atomic E-state index is 12.9. The van der Waals surface area contributed by atoms with Crippen LogP contribution in [0, 0.1) is 0 Å². The van der Waals surface area contributed by atoms with Crippen molar-refractivity contribution in [1.29, 1.82) is 0 Å². The lowest BCUT2D eigenvalue weighted by atomic mass is 10.1. The molecule has 5 nitrogen and oxygen atoms in total.